The summed E-state index contributed by atoms with van der Waals surface area (Å²) in [6.45, 7) is 1.98. The summed E-state index contributed by atoms with van der Waals surface area (Å²) in [6, 6.07) is 12.1. The van der Waals surface area contributed by atoms with E-state index in [2.05, 4.69) is 31.9 Å². The maximum atomic E-state index is 13.9. The van der Waals surface area contributed by atoms with Crippen LogP contribution < -0.4 is 10.5 Å². The van der Waals surface area contributed by atoms with Crippen LogP contribution in [0.4, 0.5) is 4.39 Å². The molecule has 0 aliphatic carbocycles. The fourth-order valence-corrected chi connectivity index (χ4v) is 2.76. The fourth-order valence-electron chi connectivity index (χ4n) is 2.00. The molecule has 112 valence electrons. The van der Waals surface area contributed by atoms with Crippen LogP contribution in [0, 0.1) is 5.82 Å². The third kappa shape index (κ3) is 4.28. The lowest BCUT2D eigenvalue weighted by molar-refractivity contribution is 0.163. The summed E-state index contributed by atoms with van der Waals surface area (Å²) >= 11 is 6.76. The fraction of sp³-hybridized carbons (Fsp3) is 0.250. The first-order chi connectivity index (χ1) is 10.0. The molecule has 0 radical (unpaired) electrons. The average Bonchev–Trinajstić information content (AvgIpc) is 2.47. The minimum absolute atomic E-state index is 0.193. The summed E-state index contributed by atoms with van der Waals surface area (Å²) in [5, 5.41) is 0. The Morgan fingerprint density at radius 3 is 2.52 bits per heavy atom. The van der Waals surface area contributed by atoms with Gasteiger partial charge in [-0.1, -0.05) is 50.9 Å². The number of ether oxygens (including phenoxy) is 1. The van der Waals surface area contributed by atoms with Crippen molar-refractivity contribution in [1.82, 2.24) is 0 Å². The van der Waals surface area contributed by atoms with Crippen LogP contribution in [0.3, 0.4) is 0 Å². The van der Waals surface area contributed by atoms with Crippen molar-refractivity contribution in [2.75, 3.05) is 0 Å². The van der Waals surface area contributed by atoms with Crippen molar-refractivity contribution in [3.63, 3.8) is 0 Å². The predicted octanol–water partition coefficient (Wildman–Crippen LogP) is 5.21. The van der Waals surface area contributed by atoms with Crippen molar-refractivity contribution < 1.29 is 9.13 Å². The van der Waals surface area contributed by atoms with Gasteiger partial charge in [0, 0.05) is 15.0 Å². The predicted molar refractivity (Wildman–Crippen MR) is 89.9 cm³/mol. The quantitative estimate of drug-likeness (QED) is 0.726. The highest BCUT2D eigenvalue weighted by molar-refractivity contribution is 9.10. The van der Waals surface area contributed by atoms with Crippen molar-refractivity contribution in [3.05, 3.63) is 62.8 Å². The molecule has 0 amide bonds. The maximum absolute atomic E-state index is 13.9. The first-order valence-electron chi connectivity index (χ1n) is 6.64. The molecule has 2 unspecified atom stereocenters. The monoisotopic (exact) mass is 415 g/mol. The smallest absolute Gasteiger partial charge is 0.165 e. The minimum atomic E-state index is -0.406. The van der Waals surface area contributed by atoms with Crippen molar-refractivity contribution >= 4 is 31.9 Å². The van der Waals surface area contributed by atoms with Gasteiger partial charge in [-0.2, -0.15) is 0 Å². The van der Waals surface area contributed by atoms with Crippen molar-refractivity contribution in [3.8, 4) is 5.75 Å². The number of nitrogens with two attached hydrogens (primary N) is 1. The lowest BCUT2D eigenvalue weighted by atomic mass is 10.0. The Kier molecular flexibility index (Phi) is 5.79. The molecule has 0 saturated carbocycles. The van der Waals surface area contributed by atoms with E-state index in [1.807, 2.05) is 31.2 Å². The Morgan fingerprint density at radius 1 is 1.14 bits per heavy atom. The van der Waals surface area contributed by atoms with Crippen LogP contribution in [-0.4, -0.2) is 6.04 Å². The second-order valence-corrected chi connectivity index (χ2v) is 6.57. The lowest BCUT2D eigenvalue weighted by Crippen LogP contribution is -2.31. The second-order valence-electron chi connectivity index (χ2n) is 4.74. The molecule has 0 aromatic heterocycles. The highest BCUT2D eigenvalue weighted by Crippen LogP contribution is 2.30. The number of benzene rings is 2. The van der Waals surface area contributed by atoms with Crippen LogP contribution in [0.25, 0.3) is 0 Å². The average molecular weight is 417 g/mol. The third-order valence-corrected chi connectivity index (χ3v) is 4.17. The van der Waals surface area contributed by atoms with E-state index < -0.39 is 11.9 Å². The summed E-state index contributed by atoms with van der Waals surface area (Å²) in [4.78, 5) is 0. The Balaban J connectivity index is 2.35. The summed E-state index contributed by atoms with van der Waals surface area (Å²) < 4.78 is 21.5. The van der Waals surface area contributed by atoms with Gasteiger partial charge in [-0.25, -0.2) is 4.39 Å². The number of rotatable bonds is 5. The van der Waals surface area contributed by atoms with Gasteiger partial charge in [0.25, 0.3) is 0 Å². The van der Waals surface area contributed by atoms with Crippen LogP contribution in [0.15, 0.2) is 51.4 Å². The molecule has 2 rings (SSSR count). The first-order valence-corrected chi connectivity index (χ1v) is 8.22. The molecule has 2 nitrogen and oxygen atoms in total. The number of halogens is 3. The zero-order valence-electron chi connectivity index (χ0n) is 11.5. The first kappa shape index (κ1) is 16.5. The second kappa shape index (κ2) is 7.38. The standard InChI is InChI=1S/C16H16Br2FNO/c1-2-14(20)16(10-4-3-5-11(17)8-10)21-15-9-12(18)6-7-13(15)19/h3-9,14,16H,2,20H2,1H3. The van der Waals surface area contributed by atoms with Crippen molar-refractivity contribution in [2.45, 2.75) is 25.5 Å². The van der Waals surface area contributed by atoms with Crippen LogP contribution in [0.1, 0.15) is 25.0 Å². The van der Waals surface area contributed by atoms with E-state index >= 15 is 0 Å². The Bertz CT molecular complexity index is 621. The summed E-state index contributed by atoms with van der Waals surface area (Å²) in [5.41, 5.74) is 7.08. The molecule has 0 saturated heterocycles. The molecule has 21 heavy (non-hydrogen) atoms. The number of hydrogen-bond acceptors (Lipinski definition) is 2. The summed E-state index contributed by atoms with van der Waals surface area (Å²) in [7, 11) is 0. The van der Waals surface area contributed by atoms with Gasteiger partial charge in [-0.3, -0.25) is 0 Å². The molecule has 0 aliphatic heterocycles. The molecule has 0 bridgehead atoms. The van der Waals surface area contributed by atoms with Crippen LogP contribution in [-0.2, 0) is 0 Å². The minimum Gasteiger partial charge on any atom is -0.481 e. The molecule has 2 aromatic carbocycles. The van der Waals surface area contributed by atoms with E-state index in [4.69, 9.17) is 10.5 Å². The van der Waals surface area contributed by atoms with Crippen molar-refractivity contribution in [2.24, 2.45) is 5.73 Å². The van der Waals surface area contributed by atoms with Gasteiger partial charge in [-0.05, 0) is 42.3 Å². The molecule has 2 N–H and O–H groups in total. The molecule has 5 heteroatoms. The molecule has 2 atom stereocenters. The molecule has 0 fully saturated rings. The van der Waals surface area contributed by atoms with E-state index in [9.17, 15) is 4.39 Å². The summed E-state index contributed by atoms with van der Waals surface area (Å²) in [5.74, 6) is -0.209. The van der Waals surface area contributed by atoms with Gasteiger partial charge in [-0.15, -0.1) is 0 Å². The van der Waals surface area contributed by atoms with Crippen LogP contribution in [0.5, 0.6) is 5.75 Å². The molecule has 0 spiro atoms. The molecule has 2 aromatic rings. The molecular formula is C16H16Br2FNO. The Morgan fingerprint density at radius 2 is 1.86 bits per heavy atom. The van der Waals surface area contributed by atoms with Gasteiger partial charge in [0.15, 0.2) is 11.6 Å². The SMILES string of the molecule is CCC(N)C(Oc1cc(Br)ccc1F)c1cccc(Br)c1. The summed E-state index contributed by atoms with van der Waals surface area (Å²) in [6.07, 6.45) is 0.323. The molecular weight excluding hydrogens is 401 g/mol. The van der Waals surface area contributed by atoms with Gasteiger partial charge in [0.2, 0.25) is 0 Å². The van der Waals surface area contributed by atoms with E-state index in [1.165, 1.54) is 6.07 Å². The van der Waals surface area contributed by atoms with Gasteiger partial charge in [0.05, 0.1) is 0 Å². The lowest BCUT2D eigenvalue weighted by Gasteiger charge is -2.25. The maximum Gasteiger partial charge on any atom is 0.165 e. The van der Waals surface area contributed by atoms with E-state index in [1.54, 1.807) is 12.1 Å². The van der Waals surface area contributed by atoms with E-state index in [-0.39, 0.29) is 11.8 Å². The zero-order valence-corrected chi connectivity index (χ0v) is 14.7. The largest absolute Gasteiger partial charge is 0.481 e. The van der Waals surface area contributed by atoms with Crippen LogP contribution in [0.2, 0.25) is 0 Å². The Hall–Kier alpha value is -0.910. The van der Waals surface area contributed by atoms with E-state index in [0.29, 0.717) is 0 Å². The van der Waals surface area contributed by atoms with Crippen molar-refractivity contribution in [1.29, 1.82) is 0 Å². The molecule has 0 aliphatic rings. The van der Waals surface area contributed by atoms with E-state index in [0.717, 1.165) is 20.9 Å². The Labute approximate surface area is 140 Å². The molecule has 0 heterocycles. The highest BCUT2D eigenvalue weighted by Gasteiger charge is 2.22. The van der Waals surface area contributed by atoms with Gasteiger partial charge in [0.1, 0.15) is 6.10 Å². The van der Waals surface area contributed by atoms with Gasteiger partial charge >= 0.3 is 0 Å². The topological polar surface area (TPSA) is 35.2 Å². The third-order valence-electron chi connectivity index (χ3n) is 3.18. The zero-order chi connectivity index (χ0) is 15.4. The normalized spacial score (nSPS) is 13.8. The highest BCUT2D eigenvalue weighted by atomic mass is 79.9. The van der Waals surface area contributed by atoms with Crippen LogP contribution >= 0.6 is 31.9 Å². The van der Waals surface area contributed by atoms with Gasteiger partial charge < -0.3 is 10.5 Å². The number of hydrogen-bond donors (Lipinski definition) is 1.